The molecule has 3 N–H and O–H groups in total. The summed E-state index contributed by atoms with van der Waals surface area (Å²) in [5.74, 6) is 0.322. The number of phenols is 1. The number of nitrogens with one attached hydrogen (secondary N) is 2. The zero-order valence-electron chi connectivity index (χ0n) is 8.89. The lowest BCUT2D eigenvalue weighted by Crippen LogP contribution is -2.39. The molecule has 1 fully saturated rings. The fourth-order valence-corrected chi connectivity index (χ4v) is 1.03. The number of aromatic hydroxyl groups is 1. The Morgan fingerprint density at radius 3 is 1.31 bits per heavy atom. The van der Waals surface area contributed by atoms with Gasteiger partial charge in [-0.1, -0.05) is 18.2 Å². The Hall–Kier alpha value is -0.190. The molecular formula is C10H19Cl3N2O. The van der Waals surface area contributed by atoms with E-state index in [4.69, 9.17) is 5.11 Å². The van der Waals surface area contributed by atoms with Crippen LogP contribution in [0.3, 0.4) is 0 Å². The van der Waals surface area contributed by atoms with Crippen molar-refractivity contribution in [2.75, 3.05) is 26.2 Å². The number of hydrogen-bond acceptors (Lipinski definition) is 3. The highest BCUT2D eigenvalue weighted by atomic mass is 35.5. The Labute approximate surface area is 115 Å². The molecule has 1 aromatic rings. The van der Waals surface area contributed by atoms with Gasteiger partial charge in [0.25, 0.3) is 0 Å². The van der Waals surface area contributed by atoms with Crippen molar-refractivity contribution in [2.24, 2.45) is 0 Å². The SMILES string of the molecule is C1CNCCN1.Cl.Cl.Cl.Oc1ccccc1. The summed E-state index contributed by atoms with van der Waals surface area (Å²) in [6, 6.07) is 8.71. The first-order chi connectivity index (χ1) is 6.39. The molecule has 0 saturated carbocycles. The van der Waals surface area contributed by atoms with Crippen LogP contribution in [0, 0.1) is 0 Å². The lowest BCUT2D eigenvalue weighted by Gasteiger charge is -2.11. The average molecular weight is 290 g/mol. The van der Waals surface area contributed by atoms with E-state index in [1.165, 1.54) is 0 Å². The summed E-state index contributed by atoms with van der Waals surface area (Å²) >= 11 is 0. The molecule has 0 atom stereocenters. The topological polar surface area (TPSA) is 44.3 Å². The van der Waals surface area contributed by atoms with Gasteiger partial charge in [-0.2, -0.15) is 0 Å². The number of hydrogen-bond donors (Lipinski definition) is 3. The van der Waals surface area contributed by atoms with Crippen LogP contribution in [0.4, 0.5) is 0 Å². The lowest BCUT2D eigenvalue weighted by atomic mass is 10.3. The van der Waals surface area contributed by atoms with Crippen LogP contribution >= 0.6 is 37.2 Å². The van der Waals surface area contributed by atoms with Gasteiger partial charge in [-0.25, -0.2) is 0 Å². The molecule has 1 aliphatic heterocycles. The zero-order chi connectivity index (χ0) is 9.36. The smallest absolute Gasteiger partial charge is 0.115 e. The fraction of sp³-hybridized carbons (Fsp3) is 0.400. The first kappa shape index (κ1) is 21.1. The number of rotatable bonds is 0. The van der Waals surface area contributed by atoms with E-state index in [9.17, 15) is 0 Å². The Morgan fingerprint density at radius 2 is 1.12 bits per heavy atom. The second-order valence-electron chi connectivity index (χ2n) is 2.84. The van der Waals surface area contributed by atoms with Crippen LogP contribution in [0.5, 0.6) is 5.75 Å². The van der Waals surface area contributed by atoms with Gasteiger partial charge in [-0.3, -0.25) is 0 Å². The zero-order valence-corrected chi connectivity index (χ0v) is 11.3. The largest absolute Gasteiger partial charge is 0.508 e. The molecule has 16 heavy (non-hydrogen) atoms. The predicted octanol–water partition coefficient (Wildman–Crippen LogP) is 1.84. The van der Waals surface area contributed by atoms with Gasteiger partial charge < -0.3 is 15.7 Å². The van der Waals surface area contributed by atoms with Crippen molar-refractivity contribution in [2.45, 2.75) is 0 Å². The molecule has 0 amide bonds. The van der Waals surface area contributed by atoms with E-state index in [0.717, 1.165) is 26.2 Å². The van der Waals surface area contributed by atoms with E-state index in [-0.39, 0.29) is 37.2 Å². The maximum Gasteiger partial charge on any atom is 0.115 e. The molecule has 0 aliphatic carbocycles. The third kappa shape index (κ3) is 11.9. The van der Waals surface area contributed by atoms with Crippen molar-refractivity contribution >= 4 is 37.2 Å². The van der Waals surface area contributed by atoms with E-state index in [2.05, 4.69) is 10.6 Å². The predicted molar refractivity (Wildman–Crippen MR) is 75.6 cm³/mol. The Bertz CT molecular complexity index is 209. The standard InChI is InChI=1S/C6H6O.C4H10N2.3ClH/c7-6-4-2-1-3-5-6;1-2-6-4-3-5-1;;;/h1-5,7H;5-6H,1-4H2;3*1H. The van der Waals surface area contributed by atoms with Crippen molar-refractivity contribution in [1.82, 2.24) is 10.6 Å². The summed E-state index contributed by atoms with van der Waals surface area (Å²) in [7, 11) is 0. The lowest BCUT2D eigenvalue weighted by molar-refractivity contribution is 0.475. The molecule has 1 aromatic carbocycles. The third-order valence-electron chi connectivity index (χ3n) is 1.71. The Morgan fingerprint density at radius 1 is 0.750 bits per heavy atom. The molecule has 0 aromatic heterocycles. The quantitative estimate of drug-likeness (QED) is 0.683. The number of para-hydroxylation sites is 1. The van der Waals surface area contributed by atoms with Gasteiger partial charge in [0.2, 0.25) is 0 Å². The summed E-state index contributed by atoms with van der Waals surface area (Å²) in [5.41, 5.74) is 0. The molecule has 0 spiro atoms. The normalized spacial score (nSPS) is 12.8. The Kier molecular flexibility index (Phi) is 19.6. The van der Waals surface area contributed by atoms with Crippen LogP contribution in [0.25, 0.3) is 0 Å². The highest BCUT2D eigenvalue weighted by molar-refractivity contribution is 5.86. The molecular weight excluding hydrogens is 270 g/mol. The summed E-state index contributed by atoms with van der Waals surface area (Å²) < 4.78 is 0. The number of phenolic OH excluding ortho intramolecular Hbond substituents is 1. The van der Waals surface area contributed by atoms with E-state index in [1.807, 2.05) is 6.07 Å². The van der Waals surface area contributed by atoms with E-state index >= 15 is 0 Å². The minimum atomic E-state index is 0. The molecule has 1 heterocycles. The highest BCUT2D eigenvalue weighted by Crippen LogP contribution is 2.02. The molecule has 0 unspecified atom stereocenters. The van der Waals surface area contributed by atoms with Crippen molar-refractivity contribution in [3.05, 3.63) is 30.3 Å². The molecule has 6 heteroatoms. The molecule has 1 aliphatic rings. The minimum Gasteiger partial charge on any atom is -0.508 e. The molecule has 3 nitrogen and oxygen atoms in total. The van der Waals surface area contributed by atoms with Crippen molar-refractivity contribution in [1.29, 1.82) is 0 Å². The van der Waals surface area contributed by atoms with Crippen molar-refractivity contribution in [3.63, 3.8) is 0 Å². The highest BCUT2D eigenvalue weighted by Gasteiger charge is 1.91. The van der Waals surface area contributed by atoms with E-state index in [1.54, 1.807) is 24.3 Å². The maximum absolute atomic E-state index is 8.63. The summed E-state index contributed by atoms with van der Waals surface area (Å²) in [6.07, 6.45) is 0. The molecule has 96 valence electrons. The van der Waals surface area contributed by atoms with Gasteiger partial charge >= 0.3 is 0 Å². The first-order valence-electron chi connectivity index (χ1n) is 4.55. The van der Waals surface area contributed by atoms with Gasteiger partial charge in [0.1, 0.15) is 5.75 Å². The second-order valence-corrected chi connectivity index (χ2v) is 2.84. The van der Waals surface area contributed by atoms with Gasteiger partial charge in [0, 0.05) is 26.2 Å². The third-order valence-corrected chi connectivity index (χ3v) is 1.71. The van der Waals surface area contributed by atoms with Crippen LogP contribution in [0.1, 0.15) is 0 Å². The van der Waals surface area contributed by atoms with Gasteiger partial charge in [0.15, 0.2) is 0 Å². The summed E-state index contributed by atoms with van der Waals surface area (Å²) in [5, 5.41) is 15.1. The van der Waals surface area contributed by atoms with Crippen molar-refractivity contribution in [3.8, 4) is 5.75 Å². The molecule has 1 saturated heterocycles. The van der Waals surface area contributed by atoms with E-state index in [0.29, 0.717) is 5.75 Å². The van der Waals surface area contributed by atoms with Gasteiger partial charge in [0.05, 0.1) is 0 Å². The van der Waals surface area contributed by atoms with Crippen LogP contribution in [-0.2, 0) is 0 Å². The summed E-state index contributed by atoms with van der Waals surface area (Å²) in [6.45, 7) is 4.56. The summed E-state index contributed by atoms with van der Waals surface area (Å²) in [4.78, 5) is 0. The van der Waals surface area contributed by atoms with Crippen LogP contribution in [0.2, 0.25) is 0 Å². The number of benzene rings is 1. The molecule has 2 rings (SSSR count). The minimum absolute atomic E-state index is 0. The van der Waals surface area contributed by atoms with Crippen LogP contribution < -0.4 is 10.6 Å². The van der Waals surface area contributed by atoms with Crippen molar-refractivity contribution < 1.29 is 5.11 Å². The molecule has 0 bridgehead atoms. The van der Waals surface area contributed by atoms with Crippen LogP contribution in [0.15, 0.2) is 30.3 Å². The monoisotopic (exact) mass is 288 g/mol. The number of halogens is 3. The fourth-order valence-electron chi connectivity index (χ4n) is 1.03. The van der Waals surface area contributed by atoms with Gasteiger partial charge in [-0.15, -0.1) is 37.2 Å². The Balaban J connectivity index is -0.000000179. The van der Waals surface area contributed by atoms with Gasteiger partial charge in [-0.05, 0) is 12.1 Å². The second kappa shape index (κ2) is 14.8. The maximum atomic E-state index is 8.63. The number of piperazine rings is 1. The van der Waals surface area contributed by atoms with E-state index < -0.39 is 0 Å². The average Bonchev–Trinajstić information content (AvgIpc) is 2.22. The molecule has 0 radical (unpaired) electrons. The van der Waals surface area contributed by atoms with Crippen LogP contribution in [-0.4, -0.2) is 31.3 Å². The first-order valence-corrected chi connectivity index (χ1v) is 4.55.